The van der Waals surface area contributed by atoms with E-state index in [9.17, 15) is 18.0 Å². The highest BCUT2D eigenvalue weighted by Gasteiger charge is 2.33. The van der Waals surface area contributed by atoms with Crippen LogP contribution in [0.15, 0.2) is 65.6 Å². The van der Waals surface area contributed by atoms with Crippen LogP contribution in [0.5, 0.6) is 0 Å². The summed E-state index contributed by atoms with van der Waals surface area (Å²) in [6.07, 6.45) is 2.04. The molecular weight excluding hydrogens is 593 g/mol. The molecule has 7 nitrogen and oxygen atoms in total. The topological polar surface area (TPSA) is 86.8 Å². The van der Waals surface area contributed by atoms with E-state index in [-0.39, 0.29) is 17.3 Å². The molecule has 226 valence electrons. The van der Waals surface area contributed by atoms with Gasteiger partial charge >= 0.3 is 0 Å². The number of rotatable bonds is 13. The second kappa shape index (κ2) is 14.9. The van der Waals surface area contributed by atoms with Gasteiger partial charge in [-0.3, -0.25) is 13.9 Å². The van der Waals surface area contributed by atoms with E-state index in [1.54, 1.807) is 42.5 Å². The Bertz CT molecular complexity index is 1510. The van der Waals surface area contributed by atoms with Crippen molar-refractivity contribution in [3.8, 4) is 0 Å². The maximum Gasteiger partial charge on any atom is 0.264 e. The van der Waals surface area contributed by atoms with Crippen LogP contribution in [0, 0.1) is 20.8 Å². The van der Waals surface area contributed by atoms with Gasteiger partial charge in [-0.05, 0) is 86.7 Å². The summed E-state index contributed by atoms with van der Waals surface area (Å²) >= 11 is 12.4. The Morgan fingerprint density at radius 2 is 1.57 bits per heavy atom. The normalized spacial score (nSPS) is 12.1. The number of hydrogen-bond acceptors (Lipinski definition) is 4. The zero-order valence-electron chi connectivity index (χ0n) is 24.8. The number of carbonyl (C=O) groups excluding carboxylic acids is 2. The Morgan fingerprint density at radius 3 is 2.17 bits per heavy atom. The van der Waals surface area contributed by atoms with Crippen molar-refractivity contribution in [3.05, 3.63) is 93.0 Å². The van der Waals surface area contributed by atoms with Gasteiger partial charge in [0.25, 0.3) is 10.0 Å². The summed E-state index contributed by atoms with van der Waals surface area (Å²) in [5, 5.41) is 3.61. The first-order chi connectivity index (χ1) is 19.9. The summed E-state index contributed by atoms with van der Waals surface area (Å²) in [5.74, 6) is -0.814. The molecule has 0 fully saturated rings. The summed E-state index contributed by atoms with van der Waals surface area (Å²) in [6, 6.07) is 16.0. The summed E-state index contributed by atoms with van der Waals surface area (Å²) in [5.41, 5.74) is 3.82. The molecule has 0 unspecified atom stereocenters. The van der Waals surface area contributed by atoms with Gasteiger partial charge < -0.3 is 10.2 Å². The molecule has 10 heteroatoms. The van der Waals surface area contributed by atoms with Crippen molar-refractivity contribution in [2.75, 3.05) is 17.4 Å². The second-order valence-electron chi connectivity index (χ2n) is 10.4. The highest BCUT2D eigenvalue weighted by Crippen LogP contribution is 2.28. The lowest BCUT2D eigenvalue weighted by atomic mass is 10.1. The van der Waals surface area contributed by atoms with Crippen LogP contribution in [0.2, 0.25) is 10.0 Å². The van der Waals surface area contributed by atoms with Crippen molar-refractivity contribution in [2.24, 2.45) is 0 Å². The molecule has 3 aromatic carbocycles. The van der Waals surface area contributed by atoms with Gasteiger partial charge in [-0.2, -0.15) is 0 Å². The maximum atomic E-state index is 14.2. The van der Waals surface area contributed by atoms with Crippen LogP contribution in [0.1, 0.15) is 55.4 Å². The van der Waals surface area contributed by atoms with E-state index in [1.165, 1.54) is 17.0 Å². The number of carbonyl (C=O) groups is 2. The average Bonchev–Trinajstić information content (AvgIpc) is 2.95. The lowest BCUT2D eigenvalue weighted by Crippen LogP contribution is -2.52. The van der Waals surface area contributed by atoms with Crippen molar-refractivity contribution in [2.45, 2.75) is 71.4 Å². The lowest BCUT2D eigenvalue weighted by Gasteiger charge is -2.33. The Hall–Kier alpha value is -3.07. The van der Waals surface area contributed by atoms with Crippen molar-refractivity contribution < 1.29 is 18.0 Å². The highest BCUT2D eigenvalue weighted by atomic mass is 35.5. The van der Waals surface area contributed by atoms with Crippen LogP contribution in [0.25, 0.3) is 0 Å². The van der Waals surface area contributed by atoms with Crippen molar-refractivity contribution >= 4 is 50.7 Å². The summed E-state index contributed by atoms with van der Waals surface area (Å²) < 4.78 is 29.2. The SMILES string of the molecule is CCCCNC(=O)[C@H](CC)N(Cc1ccc(Cl)c(Cl)c1)C(=O)CN(c1ccc(C)c(C)c1)S(=O)(=O)c1ccc(C)cc1. The predicted molar refractivity (Wildman–Crippen MR) is 171 cm³/mol. The smallest absolute Gasteiger partial charge is 0.264 e. The molecule has 2 amide bonds. The van der Waals surface area contributed by atoms with Crippen LogP contribution < -0.4 is 9.62 Å². The van der Waals surface area contributed by atoms with E-state index in [2.05, 4.69) is 5.32 Å². The van der Waals surface area contributed by atoms with Gasteiger partial charge in [0.2, 0.25) is 11.8 Å². The minimum Gasteiger partial charge on any atom is -0.354 e. The van der Waals surface area contributed by atoms with Crippen LogP contribution in [0.4, 0.5) is 5.69 Å². The van der Waals surface area contributed by atoms with Crippen LogP contribution in [0.3, 0.4) is 0 Å². The number of nitrogens with zero attached hydrogens (tertiary/aromatic N) is 2. The van der Waals surface area contributed by atoms with E-state index in [1.807, 2.05) is 40.7 Å². The van der Waals surface area contributed by atoms with E-state index in [0.717, 1.165) is 33.8 Å². The molecule has 0 aliphatic rings. The number of benzene rings is 3. The van der Waals surface area contributed by atoms with E-state index in [4.69, 9.17) is 23.2 Å². The first-order valence-corrected chi connectivity index (χ1v) is 16.3. The molecule has 0 heterocycles. The predicted octanol–water partition coefficient (Wildman–Crippen LogP) is 6.84. The molecule has 1 atom stereocenters. The van der Waals surface area contributed by atoms with E-state index in [0.29, 0.717) is 34.3 Å². The Balaban J connectivity index is 2.07. The third-order valence-corrected chi connectivity index (χ3v) is 9.75. The number of hydrogen-bond donors (Lipinski definition) is 1. The molecule has 3 aromatic rings. The first-order valence-electron chi connectivity index (χ1n) is 14.1. The average molecular weight is 633 g/mol. The van der Waals surface area contributed by atoms with Gasteiger partial charge in [0.15, 0.2) is 0 Å². The molecule has 0 aromatic heterocycles. The van der Waals surface area contributed by atoms with Gasteiger partial charge in [-0.15, -0.1) is 0 Å². The van der Waals surface area contributed by atoms with Crippen molar-refractivity contribution in [3.63, 3.8) is 0 Å². The van der Waals surface area contributed by atoms with Gasteiger partial charge in [-0.1, -0.05) is 73.3 Å². The third-order valence-electron chi connectivity index (χ3n) is 7.22. The van der Waals surface area contributed by atoms with Crippen LogP contribution in [-0.4, -0.2) is 44.3 Å². The van der Waals surface area contributed by atoms with Gasteiger partial charge in [0.1, 0.15) is 12.6 Å². The van der Waals surface area contributed by atoms with Crippen LogP contribution >= 0.6 is 23.2 Å². The number of halogens is 2. The Labute approximate surface area is 259 Å². The summed E-state index contributed by atoms with van der Waals surface area (Å²) in [4.78, 5) is 29.0. The van der Waals surface area contributed by atoms with Gasteiger partial charge in [-0.25, -0.2) is 8.42 Å². The zero-order chi connectivity index (χ0) is 31.0. The van der Waals surface area contributed by atoms with Gasteiger partial charge in [0.05, 0.1) is 20.6 Å². The van der Waals surface area contributed by atoms with Crippen molar-refractivity contribution in [1.82, 2.24) is 10.2 Å². The third kappa shape index (κ3) is 8.27. The molecule has 0 radical (unpaired) electrons. The fraction of sp³-hybridized carbons (Fsp3) is 0.375. The number of amides is 2. The largest absolute Gasteiger partial charge is 0.354 e. The standard InChI is InChI=1S/C32H39Cl2N3O4S/c1-6-8-17-35-32(39)30(7-2)36(20-25-12-16-28(33)29(34)19-25)31(38)21-37(26-13-11-23(4)24(5)18-26)42(40,41)27-14-9-22(3)10-15-27/h9-16,18-19,30H,6-8,17,20-21H2,1-5H3,(H,35,39)/t30-/m0/s1. The quantitative estimate of drug-likeness (QED) is 0.209. The Kier molecular flexibility index (Phi) is 11.9. The number of aryl methyl sites for hydroxylation is 3. The van der Waals surface area contributed by atoms with Gasteiger partial charge in [0, 0.05) is 13.1 Å². The first kappa shape index (κ1) is 33.4. The molecule has 0 saturated heterocycles. The number of anilines is 1. The minimum absolute atomic E-state index is 0.0424. The molecular formula is C32H39Cl2N3O4S. The fourth-order valence-electron chi connectivity index (χ4n) is 4.51. The molecule has 0 spiro atoms. The zero-order valence-corrected chi connectivity index (χ0v) is 27.1. The molecule has 42 heavy (non-hydrogen) atoms. The van der Waals surface area contributed by atoms with E-state index < -0.39 is 28.5 Å². The maximum absolute atomic E-state index is 14.2. The highest BCUT2D eigenvalue weighted by molar-refractivity contribution is 7.92. The Morgan fingerprint density at radius 1 is 0.881 bits per heavy atom. The summed E-state index contributed by atoms with van der Waals surface area (Å²) in [6.45, 7) is 9.57. The molecule has 0 aliphatic carbocycles. The number of sulfonamides is 1. The van der Waals surface area contributed by atoms with Crippen LogP contribution in [-0.2, 0) is 26.2 Å². The monoisotopic (exact) mass is 631 g/mol. The van der Waals surface area contributed by atoms with Crippen molar-refractivity contribution in [1.29, 1.82) is 0 Å². The summed E-state index contributed by atoms with van der Waals surface area (Å²) in [7, 11) is -4.14. The number of unbranched alkanes of at least 4 members (excludes halogenated alkanes) is 1. The molecule has 3 rings (SSSR count). The molecule has 0 saturated carbocycles. The fourth-order valence-corrected chi connectivity index (χ4v) is 6.23. The second-order valence-corrected chi connectivity index (χ2v) is 13.1. The minimum atomic E-state index is -4.14. The molecule has 0 aliphatic heterocycles. The van der Waals surface area contributed by atoms with E-state index >= 15 is 0 Å². The molecule has 1 N–H and O–H groups in total. The lowest BCUT2D eigenvalue weighted by molar-refractivity contribution is -0.140. The number of nitrogens with one attached hydrogen (secondary N) is 1. The molecule has 0 bridgehead atoms.